The molecule has 0 aromatic carbocycles. The van der Waals surface area contributed by atoms with Gasteiger partial charge in [0.15, 0.2) is 0 Å². The lowest BCUT2D eigenvalue weighted by Crippen LogP contribution is -2.66. The second kappa shape index (κ2) is 13.7. The van der Waals surface area contributed by atoms with Crippen molar-refractivity contribution in [3.05, 3.63) is 0 Å². The van der Waals surface area contributed by atoms with Gasteiger partial charge < -0.3 is 46.2 Å². The molecule has 19 atom stereocenters. The average Bonchev–Trinajstić information content (AvgIpc) is 3.48. The number of ether oxygens (including phenoxy) is 1. The van der Waals surface area contributed by atoms with E-state index < -0.39 is 61.5 Å². The lowest BCUT2D eigenvalue weighted by atomic mass is 9.31. The van der Waals surface area contributed by atoms with Crippen LogP contribution < -0.4 is 5.73 Å². The van der Waals surface area contributed by atoms with Gasteiger partial charge in [0, 0.05) is 0 Å². The van der Waals surface area contributed by atoms with Crippen LogP contribution in [0.5, 0.6) is 0 Å². The monoisotopic (exact) mass is 722 g/mol. The Morgan fingerprint density at radius 3 is 2.00 bits per heavy atom. The number of hydrogen-bond acceptors (Lipinski definition) is 9. The molecule has 6 rings (SSSR count). The van der Waals surface area contributed by atoms with Crippen LogP contribution in [0.25, 0.3) is 0 Å². The summed E-state index contributed by atoms with van der Waals surface area (Å²) in [6.45, 7) is 19.3. The third-order valence-corrected chi connectivity index (χ3v) is 18.1. The maximum atomic E-state index is 11.0. The van der Waals surface area contributed by atoms with Crippen molar-refractivity contribution < 1.29 is 40.5 Å². The largest absolute Gasteiger partial charge is 0.393 e. The zero-order valence-corrected chi connectivity index (χ0v) is 33.1. The van der Waals surface area contributed by atoms with Crippen LogP contribution in [0, 0.1) is 68.5 Å². The van der Waals surface area contributed by atoms with E-state index in [9.17, 15) is 35.7 Å². The van der Waals surface area contributed by atoms with E-state index in [2.05, 4.69) is 55.4 Å². The first kappa shape index (κ1) is 40.3. The van der Waals surface area contributed by atoms with Gasteiger partial charge in [-0.1, -0.05) is 55.4 Å². The number of aliphatic hydroxyl groups excluding tert-OH is 6. The van der Waals surface area contributed by atoms with Crippen LogP contribution in [0.4, 0.5) is 0 Å². The van der Waals surface area contributed by atoms with Gasteiger partial charge in [-0.3, -0.25) is 0 Å². The first-order valence-corrected chi connectivity index (χ1v) is 20.7. The Kier molecular flexibility index (Phi) is 10.8. The molecule has 9 heteroatoms. The van der Waals surface area contributed by atoms with E-state index in [1.54, 1.807) is 0 Å². The smallest absolute Gasteiger partial charge is 0.144 e. The average molecular weight is 722 g/mol. The van der Waals surface area contributed by atoms with Crippen molar-refractivity contribution in [3.63, 3.8) is 0 Å². The predicted octanol–water partition coefficient (Wildman–Crippen LogP) is 4.39. The van der Waals surface area contributed by atoms with Gasteiger partial charge in [0.05, 0.1) is 25.4 Å². The van der Waals surface area contributed by atoms with Gasteiger partial charge in [-0.05, 0) is 146 Å². The van der Waals surface area contributed by atoms with Gasteiger partial charge >= 0.3 is 0 Å². The lowest BCUT2D eigenvalue weighted by Gasteiger charge is -2.73. The molecule has 6 aliphatic rings. The molecule has 9 nitrogen and oxygen atoms in total. The second-order valence-corrected chi connectivity index (χ2v) is 21.1. The summed E-state index contributed by atoms with van der Waals surface area (Å²) >= 11 is 0. The predicted molar refractivity (Wildman–Crippen MR) is 197 cm³/mol. The van der Waals surface area contributed by atoms with Crippen molar-refractivity contribution in [1.82, 2.24) is 0 Å². The van der Waals surface area contributed by atoms with Crippen LogP contribution in [0.2, 0.25) is 0 Å². The van der Waals surface area contributed by atoms with Gasteiger partial charge in [0.1, 0.15) is 36.1 Å². The van der Waals surface area contributed by atoms with E-state index in [0.717, 1.165) is 30.1 Å². The second-order valence-electron chi connectivity index (χ2n) is 21.1. The molecule has 6 saturated carbocycles. The lowest BCUT2D eigenvalue weighted by molar-refractivity contribution is -0.245. The van der Waals surface area contributed by atoms with Gasteiger partial charge in [0.2, 0.25) is 0 Å². The molecule has 0 aromatic heterocycles. The van der Waals surface area contributed by atoms with Gasteiger partial charge in [-0.25, -0.2) is 0 Å². The maximum absolute atomic E-state index is 11.0. The SMILES string of the molecule is CC(CCC(O)C(O)C(O)CO[C@@H]1[C@H](N)[C@@H](O)[C@H](O)[C@@]1(O)CO)[C@H]1CC[C@]2(C)[C@H]3CC[C@@H]4[C@@]5(C)C[C@H](C)CC(C)(C)[C@@H]5CC[C@@]4(C)[C@]3(C)CC[C@@H]12. The maximum Gasteiger partial charge on any atom is 0.144 e. The Hall–Kier alpha value is -0.360. The summed E-state index contributed by atoms with van der Waals surface area (Å²) in [6, 6.07) is -1.20. The standard InChI is InChI=1S/C42H75NO8/c1-23-19-37(3,4)29-15-18-41(8)31(39(29,6)20-23)12-11-30-38(5)16-13-25(26(38)14-17-40(30,41)7)24(2)9-10-27(45)33(47)28(46)21-51-36-32(43)34(48)35(49)42(36,50)22-44/h23-36,44-50H,9-22,43H2,1-8H3/t23-,24?,25-,26+,27?,28?,29+,30-,31-,32-,33?,34-,35+,36-,38+,39+,40-,41-,42+/m1/s1. The topological polar surface area (TPSA) is 177 Å². The van der Waals surface area contributed by atoms with Crippen molar-refractivity contribution in [2.24, 2.45) is 74.2 Å². The molecule has 0 heterocycles. The normalized spacial score (nSPS) is 52.9. The highest BCUT2D eigenvalue weighted by Gasteiger charge is 2.70. The molecular weight excluding hydrogens is 646 g/mol. The number of hydrogen-bond donors (Lipinski definition) is 8. The zero-order chi connectivity index (χ0) is 37.7. The third-order valence-electron chi connectivity index (χ3n) is 18.1. The van der Waals surface area contributed by atoms with Gasteiger partial charge in [-0.2, -0.15) is 0 Å². The third kappa shape index (κ3) is 6.03. The Balaban J connectivity index is 1.07. The van der Waals surface area contributed by atoms with E-state index >= 15 is 0 Å². The van der Waals surface area contributed by atoms with Crippen LogP contribution in [-0.4, -0.2) is 97.2 Å². The molecule has 0 saturated heterocycles. The molecule has 0 spiro atoms. The molecule has 6 fully saturated rings. The summed E-state index contributed by atoms with van der Waals surface area (Å²) in [5, 5.41) is 73.0. The van der Waals surface area contributed by atoms with E-state index in [1.807, 2.05) is 0 Å². The van der Waals surface area contributed by atoms with E-state index in [4.69, 9.17) is 10.5 Å². The van der Waals surface area contributed by atoms with Crippen LogP contribution >= 0.6 is 0 Å². The number of aliphatic hydroxyl groups is 7. The first-order chi connectivity index (χ1) is 23.6. The summed E-state index contributed by atoms with van der Waals surface area (Å²) < 4.78 is 5.53. The molecule has 4 unspecified atom stereocenters. The van der Waals surface area contributed by atoms with Crippen molar-refractivity contribution in [1.29, 1.82) is 0 Å². The van der Waals surface area contributed by atoms with Crippen LogP contribution in [-0.2, 0) is 4.74 Å². The molecule has 0 bridgehead atoms. The van der Waals surface area contributed by atoms with E-state index in [-0.39, 0.29) is 0 Å². The summed E-state index contributed by atoms with van der Waals surface area (Å²) in [7, 11) is 0. The Morgan fingerprint density at radius 1 is 0.765 bits per heavy atom. The number of fused-ring (bicyclic) bond motifs is 7. The molecule has 0 aromatic rings. The number of nitrogens with two attached hydrogens (primary N) is 1. The molecule has 0 radical (unpaired) electrons. The minimum absolute atomic E-state index is 0.321. The van der Waals surface area contributed by atoms with Crippen molar-refractivity contribution in [2.45, 2.75) is 181 Å². The van der Waals surface area contributed by atoms with Crippen molar-refractivity contribution in [2.75, 3.05) is 13.2 Å². The Bertz CT molecular complexity index is 1250. The van der Waals surface area contributed by atoms with Crippen LogP contribution in [0.15, 0.2) is 0 Å². The zero-order valence-electron chi connectivity index (χ0n) is 33.1. The summed E-state index contributed by atoms with van der Waals surface area (Å²) in [5.74, 6) is 4.77. The number of rotatable bonds is 10. The molecule has 0 amide bonds. The fourth-order valence-electron chi connectivity index (χ4n) is 15.7. The molecule has 0 aliphatic heterocycles. The summed E-state index contributed by atoms with van der Waals surface area (Å²) in [5.41, 5.74) is 5.59. The molecular formula is C42H75NO8. The minimum Gasteiger partial charge on any atom is -0.393 e. The minimum atomic E-state index is -2.20. The summed E-state index contributed by atoms with van der Waals surface area (Å²) in [6.07, 6.45) is 5.65. The van der Waals surface area contributed by atoms with Gasteiger partial charge in [0.25, 0.3) is 0 Å². The van der Waals surface area contributed by atoms with E-state index in [1.165, 1.54) is 64.2 Å². The molecule has 9 N–H and O–H groups in total. The highest BCUT2D eigenvalue weighted by Crippen LogP contribution is 2.78. The molecule has 51 heavy (non-hydrogen) atoms. The Morgan fingerprint density at radius 2 is 1.37 bits per heavy atom. The molecule has 6 aliphatic carbocycles. The molecule has 296 valence electrons. The van der Waals surface area contributed by atoms with Crippen LogP contribution in [0.3, 0.4) is 0 Å². The first-order valence-electron chi connectivity index (χ1n) is 20.7. The van der Waals surface area contributed by atoms with E-state index in [0.29, 0.717) is 51.2 Å². The highest BCUT2D eigenvalue weighted by molar-refractivity contribution is 5.19. The fourth-order valence-corrected chi connectivity index (χ4v) is 15.7. The fraction of sp³-hybridized carbons (Fsp3) is 1.00. The van der Waals surface area contributed by atoms with Crippen molar-refractivity contribution >= 4 is 0 Å². The van der Waals surface area contributed by atoms with Gasteiger partial charge in [-0.15, -0.1) is 0 Å². The quantitative estimate of drug-likeness (QED) is 0.163. The Labute approximate surface area is 308 Å². The van der Waals surface area contributed by atoms with Crippen LogP contribution in [0.1, 0.15) is 132 Å². The van der Waals surface area contributed by atoms with Crippen molar-refractivity contribution in [3.8, 4) is 0 Å². The summed E-state index contributed by atoms with van der Waals surface area (Å²) in [4.78, 5) is 0. The highest BCUT2D eigenvalue weighted by atomic mass is 16.5.